The smallest absolute Gasteiger partial charge is 0.406 e. The second kappa shape index (κ2) is 7.85. The van der Waals surface area contributed by atoms with Crippen LogP contribution in [0.5, 0.6) is 5.75 Å². The molecule has 26 heavy (non-hydrogen) atoms. The lowest BCUT2D eigenvalue weighted by molar-refractivity contribution is -0.385. The van der Waals surface area contributed by atoms with Crippen LogP contribution in [0.4, 0.5) is 18.9 Å². The van der Waals surface area contributed by atoms with E-state index in [1.807, 2.05) is 0 Å². The van der Waals surface area contributed by atoms with Crippen molar-refractivity contribution in [1.29, 1.82) is 0 Å². The molecule has 0 spiro atoms. The van der Waals surface area contributed by atoms with E-state index in [9.17, 15) is 28.1 Å². The molecule has 0 aliphatic carbocycles. The number of nitro benzene ring substituents is 1. The number of carbonyl (C=O) groups excluding carboxylic acids is 1. The van der Waals surface area contributed by atoms with E-state index < -0.39 is 30.1 Å². The summed E-state index contributed by atoms with van der Waals surface area (Å²) < 4.78 is 43.9. The minimum atomic E-state index is -4.67. The highest BCUT2D eigenvalue weighted by Gasteiger charge is 2.35. The van der Waals surface area contributed by atoms with Crippen LogP contribution < -0.4 is 4.74 Å². The molecular weight excluding hydrogens is 353 g/mol. The van der Waals surface area contributed by atoms with E-state index in [1.54, 1.807) is 6.07 Å². The number of amides is 1. The molecule has 0 aliphatic heterocycles. The van der Waals surface area contributed by atoms with Crippen LogP contribution in [0.1, 0.15) is 15.9 Å². The molecule has 1 amide bonds. The zero-order valence-electron chi connectivity index (χ0n) is 13.7. The number of carbonyl (C=O) groups is 1. The minimum absolute atomic E-state index is 0.00463. The van der Waals surface area contributed by atoms with Gasteiger partial charge in [-0.15, -0.1) is 0 Å². The Bertz CT molecular complexity index is 809. The Labute approximate surface area is 146 Å². The second-order valence-corrected chi connectivity index (χ2v) is 5.36. The van der Waals surface area contributed by atoms with E-state index in [0.29, 0.717) is 4.90 Å². The highest BCUT2D eigenvalue weighted by molar-refractivity contribution is 5.97. The number of hydrogen-bond donors (Lipinski definition) is 0. The normalized spacial score (nSPS) is 11.1. The van der Waals surface area contributed by atoms with E-state index in [4.69, 9.17) is 4.74 Å². The van der Waals surface area contributed by atoms with Gasteiger partial charge in [0.1, 0.15) is 12.3 Å². The fraction of sp³-hybridized carbons (Fsp3) is 0.235. The number of alkyl halides is 3. The number of nitrogens with zero attached hydrogens (tertiary/aromatic N) is 2. The van der Waals surface area contributed by atoms with Gasteiger partial charge in [-0.05, 0) is 12.1 Å². The van der Waals surface area contributed by atoms with Crippen molar-refractivity contribution in [2.45, 2.75) is 12.7 Å². The van der Waals surface area contributed by atoms with Gasteiger partial charge in [0.15, 0.2) is 0 Å². The number of benzene rings is 2. The summed E-state index contributed by atoms with van der Waals surface area (Å²) in [5.41, 5.74) is -0.407. The monoisotopic (exact) mass is 368 g/mol. The summed E-state index contributed by atoms with van der Waals surface area (Å²) in [4.78, 5) is 23.6. The maximum atomic E-state index is 13.0. The van der Waals surface area contributed by atoms with E-state index in [-0.39, 0.29) is 22.6 Å². The zero-order valence-corrected chi connectivity index (χ0v) is 13.7. The number of rotatable bonds is 6. The van der Waals surface area contributed by atoms with Crippen molar-refractivity contribution in [2.24, 2.45) is 0 Å². The largest absolute Gasteiger partial charge is 0.496 e. The maximum absolute atomic E-state index is 13.0. The van der Waals surface area contributed by atoms with Crippen molar-refractivity contribution in [2.75, 3.05) is 13.7 Å². The summed E-state index contributed by atoms with van der Waals surface area (Å²) >= 11 is 0. The molecule has 0 aliphatic rings. The van der Waals surface area contributed by atoms with Crippen molar-refractivity contribution in [1.82, 2.24) is 4.90 Å². The lowest BCUT2D eigenvalue weighted by atomic mass is 10.1. The van der Waals surface area contributed by atoms with Gasteiger partial charge in [0.2, 0.25) is 0 Å². The number of ether oxygens (including phenoxy) is 1. The molecule has 2 rings (SSSR count). The van der Waals surface area contributed by atoms with Crippen LogP contribution in [-0.4, -0.2) is 35.6 Å². The molecule has 6 nitrogen and oxygen atoms in total. The van der Waals surface area contributed by atoms with Crippen molar-refractivity contribution in [3.63, 3.8) is 0 Å². The van der Waals surface area contributed by atoms with Gasteiger partial charge in [-0.25, -0.2) is 0 Å². The highest BCUT2D eigenvalue weighted by Crippen LogP contribution is 2.26. The quantitative estimate of drug-likeness (QED) is 0.574. The molecular formula is C17H15F3N2O4. The van der Waals surface area contributed by atoms with E-state index in [1.165, 1.54) is 49.6 Å². The lowest BCUT2D eigenvalue weighted by Crippen LogP contribution is -2.38. The van der Waals surface area contributed by atoms with Gasteiger partial charge < -0.3 is 9.64 Å². The first-order valence-corrected chi connectivity index (χ1v) is 7.44. The van der Waals surface area contributed by atoms with Crippen LogP contribution in [-0.2, 0) is 6.54 Å². The van der Waals surface area contributed by atoms with Gasteiger partial charge in [-0.2, -0.15) is 13.2 Å². The topological polar surface area (TPSA) is 72.7 Å². The molecule has 0 radical (unpaired) electrons. The van der Waals surface area contributed by atoms with Gasteiger partial charge in [0.25, 0.3) is 11.6 Å². The van der Waals surface area contributed by atoms with Crippen LogP contribution in [0.3, 0.4) is 0 Å². The number of methoxy groups -OCH3 is 1. The van der Waals surface area contributed by atoms with Crippen LogP contribution in [0.15, 0.2) is 48.5 Å². The summed E-state index contributed by atoms with van der Waals surface area (Å²) in [5.74, 6) is -0.815. The highest BCUT2D eigenvalue weighted by atomic mass is 19.4. The molecule has 0 aromatic heterocycles. The molecule has 0 fully saturated rings. The predicted molar refractivity (Wildman–Crippen MR) is 86.9 cm³/mol. The third-order valence-corrected chi connectivity index (χ3v) is 3.54. The average Bonchev–Trinajstić information content (AvgIpc) is 2.59. The first-order valence-electron chi connectivity index (χ1n) is 7.44. The molecule has 2 aromatic carbocycles. The third-order valence-electron chi connectivity index (χ3n) is 3.54. The van der Waals surface area contributed by atoms with Gasteiger partial charge >= 0.3 is 6.18 Å². The molecule has 138 valence electrons. The Morgan fingerprint density at radius 1 is 1.15 bits per heavy atom. The molecule has 0 N–H and O–H groups in total. The predicted octanol–water partition coefficient (Wildman–Crippen LogP) is 3.81. The number of nitro groups is 1. The van der Waals surface area contributed by atoms with Crippen molar-refractivity contribution in [3.05, 3.63) is 69.8 Å². The van der Waals surface area contributed by atoms with E-state index in [2.05, 4.69) is 0 Å². The summed E-state index contributed by atoms with van der Waals surface area (Å²) in [7, 11) is 1.29. The Kier molecular flexibility index (Phi) is 5.81. The average molecular weight is 368 g/mol. The molecule has 0 saturated carbocycles. The first-order chi connectivity index (χ1) is 12.2. The van der Waals surface area contributed by atoms with Crippen LogP contribution in [0, 0.1) is 10.1 Å². The summed E-state index contributed by atoms with van der Waals surface area (Å²) in [6.07, 6.45) is -4.67. The molecule has 0 bridgehead atoms. The zero-order chi connectivity index (χ0) is 19.3. The fourth-order valence-electron chi connectivity index (χ4n) is 2.44. The minimum Gasteiger partial charge on any atom is -0.496 e. The standard InChI is InChI=1S/C17H15F3N2O4/c1-26-15-9-5-3-7-13(15)16(23)21(11-17(18,19)20)10-12-6-2-4-8-14(12)22(24)25/h2-9H,10-11H2,1H3. The van der Waals surface area contributed by atoms with Gasteiger partial charge in [0, 0.05) is 11.6 Å². The second-order valence-electron chi connectivity index (χ2n) is 5.36. The van der Waals surface area contributed by atoms with Crippen LogP contribution >= 0.6 is 0 Å². The molecule has 0 saturated heterocycles. The molecule has 0 atom stereocenters. The Morgan fingerprint density at radius 2 is 1.77 bits per heavy atom. The fourth-order valence-corrected chi connectivity index (χ4v) is 2.44. The Morgan fingerprint density at radius 3 is 2.38 bits per heavy atom. The number of halogens is 3. The molecule has 9 heteroatoms. The van der Waals surface area contributed by atoms with Crippen molar-refractivity contribution < 1.29 is 27.6 Å². The number of hydrogen-bond acceptors (Lipinski definition) is 4. The summed E-state index contributed by atoms with van der Waals surface area (Å²) in [5, 5.41) is 11.1. The van der Waals surface area contributed by atoms with Crippen LogP contribution in [0.25, 0.3) is 0 Å². The lowest BCUT2D eigenvalue weighted by Gasteiger charge is -2.24. The van der Waals surface area contributed by atoms with E-state index >= 15 is 0 Å². The Balaban J connectivity index is 2.41. The van der Waals surface area contributed by atoms with Crippen molar-refractivity contribution >= 4 is 11.6 Å². The number of para-hydroxylation sites is 2. The maximum Gasteiger partial charge on any atom is 0.406 e. The van der Waals surface area contributed by atoms with E-state index in [0.717, 1.165) is 0 Å². The molecule has 0 heterocycles. The van der Waals surface area contributed by atoms with Gasteiger partial charge in [-0.3, -0.25) is 14.9 Å². The first kappa shape index (κ1) is 19.2. The van der Waals surface area contributed by atoms with Crippen molar-refractivity contribution in [3.8, 4) is 5.75 Å². The van der Waals surface area contributed by atoms with Gasteiger partial charge in [0.05, 0.1) is 24.1 Å². The summed E-state index contributed by atoms with van der Waals surface area (Å²) in [6, 6.07) is 11.2. The van der Waals surface area contributed by atoms with Gasteiger partial charge in [-0.1, -0.05) is 30.3 Å². The SMILES string of the molecule is COc1ccccc1C(=O)N(Cc1ccccc1[N+](=O)[O-])CC(F)(F)F. The Hall–Kier alpha value is -3.10. The molecule has 2 aromatic rings. The summed E-state index contributed by atoms with van der Waals surface area (Å²) in [6.45, 7) is -2.11. The van der Waals surface area contributed by atoms with Crippen LogP contribution in [0.2, 0.25) is 0 Å². The molecule has 0 unspecified atom stereocenters. The third kappa shape index (κ3) is 4.71.